The molecule has 1 heterocycles. The number of hydrogen-bond donors (Lipinski definition) is 2. The Morgan fingerprint density at radius 1 is 1.47 bits per heavy atom. The molecule has 4 rings (SSSR count). The van der Waals surface area contributed by atoms with Crippen LogP contribution in [0.2, 0.25) is 5.02 Å². The Hall–Kier alpha value is -1.03. The summed E-state index contributed by atoms with van der Waals surface area (Å²) < 4.78 is 0. The van der Waals surface area contributed by atoms with Crippen molar-refractivity contribution >= 4 is 17.3 Å². The van der Waals surface area contributed by atoms with Gasteiger partial charge in [-0.3, -0.25) is 4.79 Å². The number of fused-ring (bicyclic) bond motifs is 2. The van der Waals surface area contributed by atoms with Gasteiger partial charge in [0.15, 0.2) is 0 Å². The van der Waals surface area contributed by atoms with Gasteiger partial charge in [-0.25, -0.2) is 5.10 Å². The zero-order valence-corrected chi connectivity index (χ0v) is 12.3. The number of nitrogens with zero attached hydrogens (tertiary/aromatic N) is 1. The lowest BCUT2D eigenvalue weighted by molar-refractivity contribution is -0.105. The highest BCUT2D eigenvalue weighted by molar-refractivity contribution is 6.32. The van der Waals surface area contributed by atoms with E-state index in [1.165, 1.54) is 6.42 Å². The average molecular weight is 282 g/mol. The van der Waals surface area contributed by atoms with Gasteiger partial charge in [0.05, 0.1) is 11.9 Å². The van der Waals surface area contributed by atoms with E-state index < -0.39 is 0 Å². The summed E-state index contributed by atoms with van der Waals surface area (Å²) in [7, 11) is 0. The van der Waals surface area contributed by atoms with Crippen LogP contribution in [-0.2, 0) is 0 Å². The molecule has 3 aliphatic carbocycles. The second-order valence-electron chi connectivity index (χ2n) is 6.63. The number of nitrogens with one attached hydrogen (secondary N) is 2. The van der Waals surface area contributed by atoms with Gasteiger partial charge in [0.1, 0.15) is 5.02 Å². The fraction of sp³-hybridized carbons (Fsp3) is 0.714. The summed E-state index contributed by atoms with van der Waals surface area (Å²) in [5.41, 5.74) is 0.787. The van der Waals surface area contributed by atoms with Crippen molar-refractivity contribution in [3.05, 3.63) is 21.6 Å². The Kier molecular flexibility index (Phi) is 2.89. The Bertz CT molecular complexity index is 554. The van der Waals surface area contributed by atoms with Gasteiger partial charge in [-0.2, -0.15) is 5.10 Å². The SMILES string of the molecule is C[C@H]1[C@H](Nc2cn[nH]c(=O)c2Cl)C[C@H]2C[C@@H]1C2(C)C. The molecule has 0 amide bonds. The summed E-state index contributed by atoms with van der Waals surface area (Å²) in [5, 5.41) is 9.78. The molecular weight excluding hydrogens is 262 g/mol. The lowest BCUT2D eigenvalue weighted by Gasteiger charge is -2.62. The summed E-state index contributed by atoms with van der Waals surface area (Å²) in [5.74, 6) is 2.13. The van der Waals surface area contributed by atoms with Gasteiger partial charge in [-0.05, 0) is 36.0 Å². The normalized spacial score (nSPS) is 35.6. The minimum absolute atomic E-state index is 0.209. The molecule has 2 N–H and O–H groups in total. The molecule has 0 spiro atoms. The van der Waals surface area contributed by atoms with E-state index >= 15 is 0 Å². The van der Waals surface area contributed by atoms with E-state index in [0.29, 0.717) is 23.1 Å². The van der Waals surface area contributed by atoms with Crippen molar-refractivity contribution in [3.8, 4) is 0 Å². The molecule has 3 fully saturated rings. The van der Waals surface area contributed by atoms with E-state index in [0.717, 1.165) is 18.3 Å². The van der Waals surface area contributed by atoms with E-state index in [4.69, 9.17) is 11.6 Å². The highest BCUT2D eigenvalue weighted by atomic mass is 35.5. The van der Waals surface area contributed by atoms with Crippen LogP contribution in [0.4, 0.5) is 5.69 Å². The molecule has 3 saturated carbocycles. The third-order valence-electron chi connectivity index (χ3n) is 5.49. The number of aromatic amines is 1. The van der Waals surface area contributed by atoms with Crippen LogP contribution in [0.25, 0.3) is 0 Å². The summed E-state index contributed by atoms with van der Waals surface area (Å²) in [6, 6.07) is 0.387. The molecule has 0 aromatic carbocycles. The lowest BCUT2D eigenvalue weighted by atomic mass is 9.45. The van der Waals surface area contributed by atoms with Gasteiger partial charge < -0.3 is 5.32 Å². The molecule has 4 nitrogen and oxygen atoms in total. The number of H-pyrrole nitrogens is 1. The zero-order valence-electron chi connectivity index (χ0n) is 11.5. The average Bonchev–Trinajstić information content (AvgIpc) is 2.36. The summed E-state index contributed by atoms with van der Waals surface area (Å²) in [4.78, 5) is 11.4. The summed E-state index contributed by atoms with van der Waals surface area (Å²) in [6.07, 6.45) is 4.09. The molecular formula is C14H20ClN3O. The molecule has 5 heteroatoms. The predicted octanol–water partition coefficient (Wildman–Crippen LogP) is 2.91. The smallest absolute Gasteiger partial charge is 0.285 e. The molecule has 1 aromatic rings. The number of hydrogen-bond acceptors (Lipinski definition) is 3. The van der Waals surface area contributed by atoms with Crippen LogP contribution >= 0.6 is 11.6 Å². The van der Waals surface area contributed by atoms with E-state index in [2.05, 4.69) is 36.3 Å². The summed E-state index contributed by atoms with van der Waals surface area (Å²) in [6.45, 7) is 7.05. The molecule has 104 valence electrons. The van der Waals surface area contributed by atoms with Gasteiger partial charge in [-0.15, -0.1) is 0 Å². The first kappa shape index (κ1) is 13.0. The summed E-state index contributed by atoms with van der Waals surface area (Å²) >= 11 is 6.02. The molecule has 1 aromatic heterocycles. The molecule has 4 atom stereocenters. The molecule has 0 unspecified atom stereocenters. The van der Waals surface area contributed by atoms with Crippen molar-refractivity contribution in [2.24, 2.45) is 23.2 Å². The van der Waals surface area contributed by atoms with Crippen molar-refractivity contribution in [2.45, 2.75) is 39.7 Å². The maximum Gasteiger partial charge on any atom is 0.285 e. The van der Waals surface area contributed by atoms with Crippen LogP contribution in [0.1, 0.15) is 33.6 Å². The van der Waals surface area contributed by atoms with Crippen LogP contribution in [0, 0.1) is 23.2 Å². The number of anilines is 1. The fourth-order valence-corrected chi connectivity index (χ4v) is 4.17. The lowest BCUT2D eigenvalue weighted by Crippen LogP contribution is -2.58. The van der Waals surface area contributed by atoms with E-state index in [1.54, 1.807) is 6.20 Å². The number of aromatic nitrogens is 2. The monoisotopic (exact) mass is 281 g/mol. The van der Waals surface area contributed by atoms with Crippen LogP contribution in [-0.4, -0.2) is 16.2 Å². The third-order valence-corrected chi connectivity index (χ3v) is 5.87. The van der Waals surface area contributed by atoms with Crippen molar-refractivity contribution in [2.75, 3.05) is 5.32 Å². The maximum atomic E-state index is 11.4. The number of halogens is 1. The Morgan fingerprint density at radius 2 is 2.21 bits per heavy atom. The van der Waals surface area contributed by atoms with Crippen LogP contribution < -0.4 is 10.9 Å². The highest BCUT2D eigenvalue weighted by Gasteiger charge is 2.56. The standard InChI is InChI=1S/C14H20ClN3O/c1-7-9-4-8(14(9,2)3)5-10(7)17-11-6-16-18-13(19)12(11)15/h6-10H,4-5H2,1-3H3,(H2,17,18,19)/t7-,8-,9+,10-/m1/s1. The molecule has 3 aliphatic rings. The molecule has 0 radical (unpaired) electrons. The van der Waals surface area contributed by atoms with Crippen molar-refractivity contribution in [1.82, 2.24) is 10.2 Å². The third kappa shape index (κ3) is 1.88. The maximum absolute atomic E-state index is 11.4. The zero-order chi connectivity index (χ0) is 13.8. The van der Waals surface area contributed by atoms with Gasteiger partial charge in [-0.1, -0.05) is 32.4 Å². The second-order valence-corrected chi connectivity index (χ2v) is 7.01. The minimum atomic E-state index is -0.333. The fourth-order valence-electron chi connectivity index (χ4n) is 4.02. The van der Waals surface area contributed by atoms with Crippen molar-refractivity contribution in [1.29, 1.82) is 0 Å². The van der Waals surface area contributed by atoms with Gasteiger partial charge >= 0.3 is 0 Å². The van der Waals surface area contributed by atoms with Gasteiger partial charge in [0, 0.05) is 6.04 Å². The number of rotatable bonds is 2. The second kappa shape index (κ2) is 4.23. The largest absolute Gasteiger partial charge is 0.379 e. The van der Waals surface area contributed by atoms with Crippen molar-refractivity contribution < 1.29 is 0 Å². The molecule has 0 aliphatic heterocycles. The molecule has 0 saturated heterocycles. The minimum Gasteiger partial charge on any atom is -0.379 e. The Balaban J connectivity index is 1.79. The van der Waals surface area contributed by atoms with Crippen LogP contribution in [0.3, 0.4) is 0 Å². The first-order valence-electron chi connectivity index (χ1n) is 6.91. The predicted molar refractivity (Wildman–Crippen MR) is 76.4 cm³/mol. The van der Waals surface area contributed by atoms with Crippen LogP contribution in [0.15, 0.2) is 11.0 Å². The quantitative estimate of drug-likeness (QED) is 0.876. The Morgan fingerprint density at radius 3 is 2.84 bits per heavy atom. The van der Waals surface area contributed by atoms with Gasteiger partial charge in [0.2, 0.25) is 0 Å². The van der Waals surface area contributed by atoms with E-state index in [-0.39, 0.29) is 10.6 Å². The molecule has 19 heavy (non-hydrogen) atoms. The Labute approximate surface area is 117 Å². The van der Waals surface area contributed by atoms with E-state index in [1.807, 2.05) is 0 Å². The van der Waals surface area contributed by atoms with Crippen molar-refractivity contribution in [3.63, 3.8) is 0 Å². The molecule has 2 bridgehead atoms. The van der Waals surface area contributed by atoms with Crippen LogP contribution in [0.5, 0.6) is 0 Å². The first-order valence-corrected chi connectivity index (χ1v) is 7.28. The first-order chi connectivity index (χ1) is 8.91. The highest BCUT2D eigenvalue weighted by Crippen LogP contribution is 2.61. The topological polar surface area (TPSA) is 57.8 Å². The van der Waals surface area contributed by atoms with Gasteiger partial charge in [0.25, 0.3) is 5.56 Å². The van der Waals surface area contributed by atoms with E-state index in [9.17, 15) is 4.79 Å².